The van der Waals surface area contributed by atoms with Crippen LogP contribution in [-0.2, 0) is 0 Å². The van der Waals surface area contributed by atoms with Gasteiger partial charge in [-0.15, -0.1) is 0 Å². The molecular formula is C15H25N3. The van der Waals surface area contributed by atoms with Crippen LogP contribution in [0.15, 0.2) is 24.3 Å². The third kappa shape index (κ3) is 3.03. The van der Waals surface area contributed by atoms with E-state index >= 15 is 0 Å². The molecule has 1 aromatic rings. The van der Waals surface area contributed by atoms with Gasteiger partial charge in [-0.25, -0.2) is 0 Å². The van der Waals surface area contributed by atoms with Crippen molar-refractivity contribution < 1.29 is 0 Å². The topological polar surface area (TPSA) is 18.5 Å². The Balaban J connectivity index is 2.16. The van der Waals surface area contributed by atoms with Gasteiger partial charge in [-0.2, -0.15) is 0 Å². The summed E-state index contributed by atoms with van der Waals surface area (Å²) >= 11 is 0. The first-order valence-electron chi connectivity index (χ1n) is 6.94. The molecule has 1 aromatic carbocycles. The van der Waals surface area contributed by atoms with Crippen molar-refractivity contribution in [2.45, 2.75) is 19.4 Å². The van der Waals surface area contributed by atoms with E-state index in [1.54, 1.807) is 0 Å². The van der Waals surface area contributed by atoms with Crippen LogP contribution in [0.25, 0.3) is 0 Å². The highest BCUT2D eigenvalue weighted by Crippen LogP contribution is 2.24. The molecule has 0 amide bonds. The predicted molar refractivity (Wildman–Crippen MR) is 78.2 cm³/mol. The van der Waals surface area contributed by atoms with Crippen LogP contribution in [-0.4, -0.2) is 45.2 Å². The molecule has 0 radical (unpaired) electrons. The Morgan fingerprint density at radius 3 is 2.61 bits per heavy atom. The lowest BCUT2D eigenvalue weighted by Gasteiger charge is -2.29. The molecule has 1 heterocycles. The average molecular weight is 247 g/mol. The zero-order chi connectivity index (χ0) is 13.0. The molecule has 100 valence electrons. The van der Waals surface area contributed by atoms with Crippen molar-refractivity contribution in [3.05, 3.63) is 29.8 Å². The summed E-state index contributed by atoms with van der Waals surface area (Å²) in [5.41, 5.74) is 2.69. The van der Waals surface area contributed by atoms with Gasteiger partial charge in [-0.3, -0.25) is 4.90 Å². The van der Waals surface area contributed by atoms with Gasteiger partial charge >= 0.3 is 0 Å². The average Bonchev–Trinajstić information content (AvgIpc) is 2.63. The SMILES string of the molecule is CCN1CCCNCC1c1ccc(N(C)C)cc1. The van der Waals surface area contributed by atoms with E-state index in [1.165, 1.54) is 24.2 Å². The molecule has 2 rings (SSSR count). The van der Waals surface area contributed by atoms with E-state index < -0.39 is 0 Å². The number of likely N-dealkylation sites (N-methyl/N-ethyl adjacent to an activating group) is 1. The number of nitrogens with zero attached hydrogens (tertiary/aromatic N) is 2. The monoisotopic (exact) mass is 247 g/mol. The summed E-state index contributed by atoms with van der Waals surface area (Å²) in [6.45, 7) is 6.79. The van der Waals surface area contributed by atoms with Crippen molar-refractivity contribution in [1.82, 2.24) is 10.2 Å². The molecular weight excluding hydrogens is 222 g/mol. The van der Waals surface area contributed by atoms with Gasteiger partial charge in [0.15, 0.2) is 0 Å². The van der Waals surface area contributed by atoms with Gasteiger partial charge in [0.25, 0.3) is 0 Å². The van der Waals surface area contributed by atoms with Crippen molar-refractivity contribution in [3.8, 4) is 0 Å². The quantitative estimate of drug-likeness (QED) is 0.882. The van der Waals surface area contributed by atoms with E-state index in [0.717, 1.165) is 19.6 Å². The minimum Gasteiger partial charge on any atom is -0.378 e. The predicted octanol–water partition coefficient (Wildman–Crippen LogP) is 2.11. The van der Waals surface area contributed by atoms with E-state index in [9.17, 15) is 0 Å². The molecule has 1 aliphatic heterocycles. The first kappa shape index (κ1) is 13.4. The Morgan fingerprint density at radius 1 is 1.28 bits per heavy atom. The highest BCUT2D eigenvalue weighted by atomic mass is 15.2. The number of hydrogen-bond donors (Lipinski definition) is 1. The van der Waals surface area contributed by atoms with Crippen molar-refractivity contribution in [1.29, 1.82) is 0 Å². The Bertz CT molecular complexity index is 359. The summed E-state index contributed by atoms with van der Waals surface area (Å²) < 4.78 is 0. The smallest absolute Gasteiger partial charge is 0.0472 e. The zero-order valence-corrected chi connectivity index (χ0v) is 11.8. The Labute approximate surface area is 111 Å². The first-order valence-corrected chi connectivity index (χ1v) is 6.94. The van der Waals surface area contributed by atoms with Crippen molar-refractivity contribution >= 4 is 5.69 Å². The number of hydrogen-bond acceptors (Lipinski definition) is 3. The van der Waals surface area contributed by atoms with Crippen LogP contribution in [0.3, 0.4) is 0 Å². The normalized spacial score (nSPS) is 21.6. The summed E-state index contributed by atoms with van der Waals surface area (Å²) in [6.07, 6.45) is 1.25. The van der Waals surface area contributed by atoms with E-state index in [2.05, 4.69) is 60.4 Å². The van der Waals surface area contributed by atoms with Crippen LogP contribution < -0.4 is 10.2 Å². The Morgan fingerprint density at radius 2 is 2.00 bits per heavy atom. The summed E-state index contributed by atoms with van der Waals surface area (Å²) in [5.74, 6) is 0. The third-order valence-corrected chi connectivity index (χ3v) is 3.78. The lowest BCUT2D eigenvalue weighted by atomic mass is 10.0. The van der Waals surface area contributed by atoms with Crippen LogP contribution in [0.5, 0.6) is 0 Å². The molecule has 1 fully saturated rings. The minimum absolute atomic E-state index is 0.522. The number of nitrogens with one attached hydrogen (secondary N) is 1. The second kappa shape index (κ2) is 6.21. The highest BCUT2D eigenvalue weighted by Gasteiger charge is 2.20. The summed E-state index contributed by atoms with van der Waals surface area (Å²) in [6, 6.07) is 9.50. The fourth-order valence-electron chi connectivity index (χ4n) is 2.63. The van der Waals surface area contributed by atoms with Crippen molar-refractivity contribution in [2.75, 3.05) is 45.2 Å². The van der Waals surface area contributed by atoms with Crippen LogP contribution in [0.1, 0.15) is 24.9 Å². The fraction of sp³-hybridized carbons (Fsp3) is 0.600. The van der Waals surface area contributed by atoms with Gasteiger partial charge in [-0.05, 0) is 43.8 Å². The standard InChI is InChI=1S/C15H25N3/c1-4-18-11-5-10-16-12-15(18)13-6-8-14(9-7-13)17(2)3/h6-9,15-16H,4-5,10-12H2,1-3H3. The molecule has 0 saturated carbocycles. The first-order chi connectivity index (χ1) is 8.72. The maximum Gasteiger partial charge on any atom is 0.0472 e. The Hall–Kier alpha value is -1.06. The lowest BCUT2D eigenvalue weighted by molar-refractivity contribution is 0.222. The van der Waals surface area contributed by atoms with Gasteiger partial charge in [0.1, 0.15) is 0 Å². The molecule has 0 aliphatic carbocycles. The minimum atomic E-state index is 0.522. The van der Waals surface area contributed by atoms with Gasteiger partial charge in [0, 0.05) is 32.4 Å². The molecule has 0 aromatic heterocycles. The number of benzene rings is 1. The summed E-state index contributed by atoms with van der Waals surface area (Å²) in [7, 11) is 4.17. The molecule has 0 bridgehead atoms. The summed E-state index contributed by atoms with van der Waals surface area (Å²) in [4.78, 5) is 4.72. The van der Waals surface area contributed by atoms with Gasteiger partial charge in [0.2, 0.25) is 0 Å². The van der Waals surface area contributed by atoms with E-state index in [1.807, 2.05) is 0 Å². The van der Waals surface area contributed by atoms with E-state index in [0.29, 0.717) is 6.04 Å². The van der Waals surface area contributed by atoms with Crippen LogP contribution in [0.4, 0.5) is 5.69 Å². The van der Waals surface area contributed by atoms with Crippen LogP contribution in [0.2, 0.25) is 0 Å². The van der Waals surface area contributed by atoms with Gasteiger partial charge in [-0.1, -0.05) is 19.1 Å². The lowest BCUT2D eigenvalue weighted by Crippen LogP contribution is -2.32. The molecule has 1 saturated heterocycles. The molecule has 1 atom stereocenters. The van der Waals surface area contributed by atoms with Crippen LogP contribution >= 0.6 is 0 Å². The fourth-order valence-corrected chi connectivity index (χ4v) is 2.63. The number of anilines is 1. The van der Waals surface area contributed by atoms with Crippen molar-refractivity contribution in [3.63, 3.8) is 0 Å². The molecule has 1 N–H and O–H groups in total. The highest BCUT2D eigenvalue weighted by molar-refractivity contribution is 5.46. The molecule has 3 nitrogen and oxygen atoms in total. The largest absolute Gasteiger partial charge is 0.378 e. The molecule has 1 unspecified atom stereocenters. The second-order valence-corrected chi connectivity index (χ2v) is 5.19. The summed E-state index contributed by atoms with van der Waals surface area (Å²) in [5, 5.41) is 3.55. The van der Waals surface area contributed by atoms with Gasteiger partial charge < -0.3 is 10.2 Å². The maximum atomic E-state index is 3.55. The van der Waals surface area contributed by atoms with Crippen molar-refractivity contribution in [2.24, 2.45) is 0 Å². The van der Waals surface area contributed by atoms with E-state index in [-0.39, 0.29) is 0 Å². The number of rotatable bonds is 3. The molecule has 0 spiro atoms. The zero-order valence-electron chi connectivity index (χ0n) is 11.8. The second-order valence-electron chi connectivity index (χ2n) is 5.19. The third-order valence-electron chi connectivity index (χ3n) is 3.78. The molecule has 3 heteroatoms. The van der Waals surface area contributed by atoms with Crippen LogP contribution in [0, 0.1) is 0 Å². The van der Waals surface area contributed by atoms with E-state index in [4.69, 9.17) is 0 Å². The molecule has 18 heavy (non-hydrogen) atoms. The molecule has 1 aliphatic rings. The van der Waals surface area contributed by atoms with Gasteiger partial charge in [0.05, 0.1) is 0 Å². The maximum absolute atomic E-state index is 3.55. The Kier molecular flexibility index (Phi) is 4.61.